The number of anilines is 1. The van der Waals surface area contributed by atoms with E-state index in [1.54, 1.807) is 12.3 Å². The Labute approximate surface area is 183 Å². The van der Waals surface area contributed by atoms with Gasteiger partial charge in [-0.25, -0.2) is 18.6 Å². The summed E-state index contributed by atoms with van der Waals surface area (Å²) in [6.07, 6.45) is 1.28. The number of halogens is 2. The van der Waals surface area contributed by atoms with E-state index in [1.807, 2.05) is 6.07 Å². The lowest BCUT2D eigenvalue weighted by molar-refractivity contribution is 0.140. The molecule has 5 rings (SSSR count). The molecule has 32 heavy (non-hydrogen) atoms. The van der Waals surface area contributed by atoms with Crippen LogP contribution < -0.4 is 5.73 Å². The van der Waals surface area contributed by atoms with E-state index < -0.39 is 17.7 Å². The molecule has 12 heteroatoms. The summed E-state index contributed by atoms with van der Waals surface area (Å²) in [5.74, 6) is -1.87. The van der Waals surface area contributed by atoms with Crippen LogP contribution in [-0.4, -0.2) is 47.8 Å². The number of nitrogens with zero attached hydrogens (tertiary/aromatic N) is 6. The first kappa shape index (κ1) is 20.0. The Balaban J connectivity index is 1.56. The molecule has 1 amide bonds. The summed E-state index contributed by atoms with van der Waals surface area (Å²) in [5.41, 5.74) is 8.08. The molecule has 0 spiro atoms. The number of hydrogen-bond acceptors (Lipinski definition) is 7. The van der Waals surface area contributed by atoms with Crippen molar-refractivity contribution in [1.82, 2.24) is 30.1 Å². The fourth-order valence-electron chi connectivity index (χ4n) is 3.59. The van der Waals surface area contributed by atoms with Crippen molar-refractivity contribution in [1.29, 1.82) is 0 Å². The number of carbonyl (C=O) groups is 1. The second kappa shape index (κ2) is 7.64. The standard InChI is InChI=1S/C20H15F2N7O2S/c21-13-2-1-3-14(17(13)22)29-19(25-26-27-29)12-6-11(8-24-18(12)23)15-7-10-4-5-28(20(30)31)9-16(10)32-15/h1-3,6-8H,4-5,9H2,(H2,23,24)(H,30,31). The number of pyridine rings is 1. The van der Waals surface area contributed by atoms with Crippen LogP contribution in [0.15, 0.2) is 36.5 Å². The van der Waals surface area contributed by atoms with Gasteiger partial charge in [0.1, 0.15) is 11.5 Å². The third kappa shape index (κ3) is 3.34. The first-order valence-corrected chi connectivity index (χ1v) is 10.3. The maximum absolute atomic E-state index is 14.3. The molecule has 4 heterocycles. The highest BCUT2D eigenvalue weighted by atomic mass is 32.1. The minimum Gasteiger partial charge on any atom is -0.465 e. The zero-order valence-corrected chi connectivity index (χ0v) is 17.2. The van der Waals surface area contributed by atoms with Gasteiger partial charge in [0, 0.05) is 28.1 Å². The van der Waals surface area contributed by atoms with Crippen LogP contribution in [0.1, 0.15) is 10.4 Å². The monoisotopic (exact) mass is 455 g/mol. The van der Waals surface area contributed by atoms with E-state index >= 15 is 0 Å². The predicted octanol–water partition coefficient (Wildman–Crippen LogP) is 3.35. The Kier molecular flexibility index (Phi) is 4.78. The zero-order valence-electron chi connectivity index (χ0n) is 16.4. The molecular weight excluding hydrogens is 440 g/mol. The van der Waals surface area contributed by atoms with Crippen LogP contribution in [0.2, 0.25) is 0 Å². The molecule has 0 atom stereocenters. The second-order valence-corrected chi connectivity index (χ2v) is 8.29. The third-order valence-corrected chi connectivity index (χ3v) is 6.44. The predicted molar refractivity (Wildman–Crippen MR) is 112 cm³/mol. The van der Waals surface area contributed by atoms with E-state index in [1.165, 1.54) is 28.4 Å². The number of tetrazole rings is 1. The van der Waals surface area contributed by atoms with Gasteiger partial charge in [-0.3, -0.25) is 0 Å². The number of nitrogens with two attached hydrogens (primary N) is 1. The average Bonchev–Trinajstić information content (AvgIpc) is 3.42. The fraction of sp³-hybridized carbons (Fsp3) is 0.150. The van der Waals surface area contributed by atoms with Gasteiger partial charge in [-0.2, -0.15) is 4.68 Å². The molecule has 3 aromatic heterocycles. The van der Waals surface area contributed by atoms with Crippen LogP contribution in [0.5, 0.6) is 0 Å². The van der Waals surface area contributed by atoms with Crippen molar-refractivity contribution in [2.75, 3.05) is 12.3 Å². The maximum Gasteiger partial charge on any atom is 0.407 e. The van der Waals surface area contributed by atoms with Crippen molar-refractivity contribution in [3.8, 4) is 27.5 Å². The average molecular weight is 455 g/mol. The third-order valence-electron chi connectivity index (χ3n) is 5.23. The summed E-state index contributed by atoms with van der Waals surface area (Å²) in [7, 11) is 0. The normalized spacial score (nSPS) is 13.2. The smallest absolute Gasteiger partial charge is 0.407 e. The molecule has 0 unspecified atom stereocenters. The molecule has 0 radical (unpaired) electrons. The molecule has 9 nitrogen and oxygen atoms in total. The molecule has 4 aromatic rings. The molecule has 162 valence electrons. The molecule has 1 aliphatic rings. The Morgan fingerprint density at radius 1 is 1.25 bits per heavy atom. The van der Waals surface area contributed by atoms with E-state index in [2.05, 4.69) is 20.5 Å². The molecule has 0 fully saturated rings. The van der Waals surface area contributed by atoms with Crippen molar-refractivity contribution >= 4 is 23.2 Å². The first-order chi connectivity index (χ1) is 15.4. The molecule has 0 saturated carbocycles. The van der Waals surface area contributed by atoms with Crippen LogP contribution in [0.25, 0.3) is 27.5 Å². The molecule has 1 aromatic carbocycles. The molecule has 3 N–H and O–H groups in total. The zero-order chi connectivity index (χ0) is 22.4. The number of thiophene rings is 1. The van der Waals surface area contributed by atoms with E-state index in [4.69, 9.17) is 5.73 Å². The van der Waals surface area contributed by atoms with Crippen molar-refractivity contribution in [2.24, 2.45) is 0 Å². The topological polar surface area (TPSA) is 123 Å². The molecule has 0 aliphatic carbocycles. The quantitative estimate of drug-likeness (QED) is 0.486. The van der Waals surface area contributed by atoms with Gasteiger partial charge in [0.25, 0.3) is 0 Å². The lowest BCUT2D eigenvalue weighted by atomic mass is 10.1. The van der Waals surface area contributed by atoms with Crippen molar-refractivity contribution in [2.45, 2.75) is 13.0 Å². The van der Waals surface area contributed by atoms with Crippen LogP contribution in [0.3, 0.4) is 0 Å². The van der Waals surface area contributed by atoms with Gasteiger partial charge < -0.3 is 15.7 Å². The Hall–Kier alpha value is -3.93. The Morgan fingerprint density at radius 2 is 2.09 bits per heavy atom. The number of fused-ring (bicyclic) bond motifs is 1. The number of rotatable bonds is 3. The van der Waals surface area contributed by atoms with E-state index in [0.29, 0.717) is 25.1 Å². The lowest BCUT2D eigenvalue weighted by Crippen LogP contribution is -2.33. The minimum absolute atomic E-state index is 0.111. The summed E-state index contributed by atoms with van der Waals surface area (Å²) in [5, 5.41) is 20.6. The minimum atomic E-state index is -1.09. The van der Waals surface area contributed by atoms with Crippen LogP contribution in [-0.2, 0) is 13.0 Å². The van der Waals surface area contributed by atoms with Gasteiger partial charge in [0.05, 0.1) is 12.1 Å². The largest absolute Gasteiger partial charge is 0.465 e. The van der Waals surface area contributed by atoms with Gasteiger partial charge in [-0.05, 0) is 46.7 Å². The maximum atomic E-state index is 14.3. The van der Waals surface area contributed by atoms with Crippen molar-refractivity contribution in [3.63, 3.8) is 0 Å². The molecule has 1 aliphatic heterocycles. The molecular formula is C20H15F2N7O2S. The van der Waals surface area contributed by atoms with E-state index in [-0.39, 0.29) is 17.3 Å². The summed E-state index contributed by atoms with van der Waals surface area (Å²) in [4.78, 5) is 18.7. The van der Waals surface area contributed by atoms with Crippen LogP contribution >= 0.6 is 11.3 Å². The Morgan fingerprint density at radius 3 is 2.91 bits per heavy atom. The summed E-state index contributed by atoms with van der Waals surface area (Å²) in [6.45, 7) is 0.777. The number of hydrogen-bond donors (Lipinski definition) is 2. The van der Waals surface area contributed by atoms with Gasteiger partial charge in [-0.15, -0.1) is 16.4 Å². The van der Waals surface area contributed by atoms with Crippen molar-refractivity contribution < 1.29 is 18.7 Å². The van der Waals surface area contributed by atoms with E-state index in [0.717, 1.165) is 31.6 Å². The number of amides is 1. The van der Waals surface area contributed by atoms with Gasteiger partial charge in [0.2, 0.25) is 0 Å². The highest BCUT2D eigenvalue weighted by Crippen LogP contribution is 2.37. The first-order valence-electron chi connectivity index (χ1n) is 9.51. The number of aromatic nitrogens is 5. The number of benzene rings is 1. The van der Waals surface area contributed by atoms with Gasteiger partial charge >= 0.3 is 6.09 Å². The SMILES string of the molecule is Nc1ncc(-c2cc3c(s2)CN(C(=O)O)CC3)cc1-c1nnnn1-c1cccc(F)c1F. The van der Waals surface area contributed by atoms with Gasteiger partial charge in [-0.1, -0.05) is 6.07 Å². The highest BCUT2D eigenvalue weighted by molar-refractivity contribution is 7.15. The lowest BCUT2D eigenvalue weighted by Gasteiger charge is -2.23. The Bertz CT molecular complexity index is 1350. The number of carboxylic acid groups (broad SMARTS) is 1. The molecule has 0 saturated heterocycles. The van der Waals surface area contributed by atoms with Crippen molar-refractivity contribution in [3.05, 3.63) is 58.6 Å². The van der Waals surface area contributed by atoms with Gasteiger partial charge in [0.15, 0.2) is 17.5 Å². The number of nitrogen functional groups attached to an aromatic ring is 1. The summed E-state index contributed by atoms with van der Waals surface area (Å²) in [6, 6.07) is 7.45. The van der Waals surface area contributed by atoms with E-state index in [9.17, 15) is 18.7 Å². The van der Waals surface area contributed by atoms with Crippen LogP contribution in [0, 0.1) is 11.6 Å². The van der Waals surface area contributed by atoms with Crippen LogP contribution in [0.4, 0.5) is 19.4 Å². The molecule has 0 bridgehead atoms. The fourth-order valence-corrected chi connectivity index (χ4v) is 4.80. The summed E-state index contributed by atoms with van der Waals surface area (Å²) >= 11 is 1.47. The summed E-state index contributed by atoms with van der Waals surface area (Å²) < 4.78 is 29.1. The second-order valence-electron chi connectivity index (χ2n) is 7.16. The highest BCUT2D eigenvalue weighted by Gasteiger charge is 2.24.